The van der Waals surface area contributed by atoms with E-state index in [1.54, 1.807) is 18.2 Å². The van der Waals surface area contributed by atoms with Crippen LogP contribution in [0.15, 0.2) is 18.2 Å². The number of amides is 4. The summed E-state index contributed by atoms with van der Waals surface area (Å²) in [6.07, 6.45) is 1.20. The monoisotopic (exact) mass is 342 g/mol. The Labute approximate surface area is 143 Å². The van der Waals surface area contributed by atoms with E-state index < -0.39 is 23.8 Å². The Kier molecular flexibility index (Phi) is 3.66. The number of hydrogen-bond donors (Lipinski definition) is 3. The molecule has 2 fully saturated rings. The first-order valence-corrected chi connectivity index (χ1v) is 8.29. The van der Waals surface area contributed by atoms with Crippen LogP contribution >= 0.6 is 0 Å². The van der Waals surface area contributed by atoms with Crippen LogP contribution in [-0.4, -0.2) is 46.7 Å². The number of carbonyl (C=O) groups is 4. The van der Waals surface area contributed by atoms with Crippen molar-refractivity contribution in [1.29, 1.82) is 0 Å². The number of piperidine rings is 1. The molecule has 0 spiro atoms. The number of carbonyl (C=O) groups excluding carboxylic acids is 4. The molecular weight excluding hydrogens is 324 g/mol. The molecule has 3 atom stereocenters. The fourth-order valence-electron chi connectivity index (χ4n) is 3.33. The molecule has 1 unspecified atom stereocenters. The van der Waals surface area contributed by atoms with Gasteiger partial charge in [0.1, 0.15) is 6.04 Å². The normalized spacial score (nSPS) is 28.2. The Morgan fingerprint density at radius 1 is 1.16 bits per heavy atom. The van der Waals surface area contributed by atoms with Crippen LogP contribution in [-0.2, 0) is 16.1 Å². The number of benzene rings is 1. The molecule has 1 aromatic carbocycles. The van der Waals surface area contributed by atoms with Crippen molar-refractivity contribution in [3.05, 3.63) is 34.9 Å². The standard InChI is InChI=1S/C17H18N4O4/c18-11-6-12(11)19-7-8-1-2-9-10(5-8)17(25)21(16(9)24)13-3-4-14(22)20-15(13)23/h1-2,5,11-13,19H,3-4,6-7,18H2,(H,20,22,23)/t11-,12-,13?/m0/s1. The highest BCUT2D eigenvalue weighted by Gasteiger charge is 2.44. The highest BCUT2D eigenvalue weighted by atomic mass is 16.2. The lowest BCUT2D eigenvalue weighted by molar-refractivity contribution is -0.136. The fourth-order valence-corrected chi connectivity index (χ4v) is 3.33. The van der Waals surface area contributed by atoms with Gasteiger partial charge in [0.15, 0.2) is 0 Å². The van der Waals surface area contributed by atoms with Crippen molar-refractivity contribution in [1.82, 2.24) is 15.5 Å². The van der Waals surface area contributed by atoms with Crippen molar-refractivity contribution in [3.8, 4) is 0 Å². The Morgan fingerprint density at radius 3 is 2.56 bits per heavy atom. The lowest BCUT2D eigenvalue weighted by Gasteiger charge is -2.27. The van der Waals surface area contributed by atoms with Gasteiger partial charge in [-0.25, -0.2) is 0 Å². The zero-order valence-electron chi connectivity index (χ0n) is 13.5. The predicted octanol–water partition coefficient (Wildman–Crippen LogP) is -0.723. The number of nitrogens with zero attached hydrogens (tertiary/aromatic N) is 1. The minimum atomic E-state index is -0.934. The third kappa shape index (κ3) is 2.73. The van der Waals surface area contributed by atoms with Crippen LogP contribution in [0.1, 0.15) is 45.5 Å². The Morgan fingerprint density at radius 2 is 1.88 bits per heavy atom. The third-order valence-corrected chi connectivity index (χ3v) is 4.91. The van der Waals surface area contributed by atoms with E-state index in [4.69, 9.17) is 5.73 Å². The number of fused-ring (bicyclic) bond motifs is 1. The molecular formula is C17H18N4O4. The molecule has 0 aromatic heterocycles. The van der Waals surface area contributed by atoms with E-state index in [0.29, 0.717) is 23.7 Å². The molecule has 4 amide bonds. The van der Waals surface area contributed by atoms with Crippen LogP contribution in [0, 0.1) is 0 Å². The van der Waals surface area contributed by atoms with Crippen molar-refractivity contribution < 1.29 is 19.2 Å². The molecule has 1 aliphatic carbocycles. The minimum Gasteiger partial charge on any atom is -0.326 e. The maximum atomic E-state index is 12.7. The Balaban J connectivity index is 1.54. The van der Waals surface area contributed by atoms with Crippen LogP contribution in [0.4, 0.5) is 0 Å². The Bertz CT molecular complexity index is 806. The smallest absolute Gasteiger partial charge is 0.262 e. The first-order valence-electron chi connectivity index (χ1n) is 8.29. The number of rotatable bonds is 4. The summed E-state index contributed by atoms with van der Waals surface area (Å²) in [6.45, 7) is 0.561. The summed E-state index contributed by atoms with van der Waals surface area (Å²) in [5.41, 5.74) is 7.23. The molecule has 2 heterocycles. The molecule has 4 rings (SSSR count). The summed E-state index contributed by atoms with van der Waals surface area (Å²) in [7, 11) is 0. The van der Waals surface area contributed by atoms with Crippen molar-refractivity contribution in [3.63, 3.8) is 0 Å². The summed E-state index contributed by atoms with van der Waals surface area (Å²) in [5, 5.41) is 5.47. The van der Waals surface area contributed by atoms with E-state index in [2.05, 4.69) is 10.6 Å². The number of imide groups is 2. The zero-order chi connectivity index (χ0) is 17.7. The van der Waals surface area contributed by atoms with E-state index in [0.717, 1.165) is 16.9 Å². The van der Waals surface area contributed by atoms with Crippen LogP contribution in [0.5, 0.6) is 0 Å². The number of nitrogens with one attached hydrogen (secondary N) is 2. The van der Waals surface area contributed by atoms with E-state index in [1.807, 2.05) is 0 Å². The summed E-state index contributed by atoms with van der Waals surface area (Å²) >= 11 is 0. The van der Waals surface area contributed by atoms with Gasteiger partial charge < -0.3 is 11.1 Å². The van der Waals surface area contributed by atoms with Crippen molar-refractivity contribution in [2.75, 3.05) is 0 Å². The van der Waals surface area contributed by atoms with Gasteiger partial charge in [0.25, 0.3) is 11.8 Å². The molecule has 3 aliphatic rings. The maximum Gasteiger partial charge on any atom is 0.262 e. The molecule has 4 N–H and O–H groups in total. The third-order valence-electron chi connectivity index (χ3n) is 4.91. The second-order valence-corrected chi connectivity index (χ2v) is 6.71. The quantitative estimate of drug-likeness (QED) is 0.621. The second-order valence-electron chi connectivity index (χ2n) is 6.71. The molecule has 1 saturated carbocycles. The maximum absolute atomic E-state index is 12.7. The molecule has 2 aliphatic heterocycles. The SMILES string of the molecule is N[C@H]1C[C@@H]1NCc1ccc2c(c1)C(=O)N(C1CCC(=O)NC1=O)C2=O. The van der Waals surface area contributed by atoms with Gasteiger partial charge in [-0.05, 0) is 30.5 Å². The van der Waals surface area contributed by atoms with Crippen molar-refractivity contribution in [2.24, 2.45) is 5.73 Å². The largest absolute Gasteiger partial charge is 0.326 e. The van der Waals surface area contributed by atoms with E-state index in [-0.39, 0.29) is 24.8 Å². The van der Waals surface area contributed by atoms with E-state index in [1.165, 1.54) is 0 Å². The molecule has 8 nitrogen and oxygen atoms in total. The van der Waals surface area contributed by atoms with Gasteiger partial charge in [-0.2, -0.15) is 0 Å². The second kappa shape index (κ2) is 5.75. The molecule has 1 aromatic rings. The zero-order valence-corrected chi connectivity index (χ0v) is 13.5. The molecule has 0 bridgehead atoms. The minimum absolute atomic E-state index is 0.112. The highest BCUT2D eigenvalue weighted by molar-refractivity contribution is 6.23. The summed E-state index contributed by atoms with van der Waals surface area (Å²) < 4.78 is 0. The molecule has 25 heavy (non-hydrogen) atoms. The lowest BCUT2D eigenvalue weighted by Crippen LogP contribution is -2.54. The van der Waals surface area contributed by atoms with Crippen LogP contribution in [0.3, 0.4) is 0 Å². The summed E-state index contributed by atoms with van der Waals surface area (Å²) in [6, 6.07) is 4.63. The van der Waals surface area contributed by atoms with Crippen molar-refractivity contribution in [2.45, 2.75) is 43.9 Å². The summed E-state index contributed by atoms with van der Waals surface area (Å²) in [4.78, 5) is 49.5. The topological polar surface area (TPSA) is 122 Å². The average Bonchev–Trinajstić information content (AvgIpc) is 3.23. The van der Waals surface area contributed by atoms with Gasteiger partial charge in [-0.15, -0.1) is 0 Å². The highest BCUT2D eigenvalue weighted by Crippen LogP contribution is 2.28. The van der Waals surface area contributed by atoms with Gasteiger partial charge in [-0.3, -0.25) is 29.4 Å². The average molecular weight is 342 g/mol. The molecule has 8 heteroatoms. The first-order chi connectivity index (χ1) is 12.0. The van der Waals surface area contributed by atoms with Gasteiger partial charge >= 0.3 is 0 Å². The summed E-state index contributed by atoms with van der Waals surface area (Å²) in [5.74, 6) is -1.96. The number of nitrogens with two attached hydrogens (primary N) is 1. The van der Waals surface area contributed by atoms with E-state index in [9.17, 15) is 19.2 Å². The molecule has 0 radical (unpaired) electrons. The van der Waals surface area contributed by atoms with Crippen LogP contribution in [0.2, 0.25) is 0 Å². The van der Waals surface area contributed by atoms with Gasteiger partial charge in [0, 0.05) is 25.0 Å². The predicted molar refractivity (Wildman–Crippen MR) is 86.3 cm³/mol. The van der Waals surface area contributed by atoms with E-state index >= 15 is 0 Å². The van der Waals surface area contributed by atoms with Crippen LogP contribution < -0.4 is 16.4 Å². The van der Waals surface area contributed by atoms with Crippen LogP contribution in [0.25, 0.3) is 0 Å². The van der Waals surface area contributed by atoms with Crippen molar-refractivity contribution >= 4 is 23.6 Å². The Hall–Kier alpha value is -2.58. The molecule has 130 valence electrons. The number of hydrogen-bond acceptors (Lipinski definition) is 6. The van der Waals surface area contributed by atoms with Gasteiger partial charge in [0.05, 0.1) is 11.1 Å². The lowest BCUT2D eigenvalue weighted by atomic mass is 10.0. The first kappa shape index (κ1) is 15.9. The van der Waals surface area contributed by atoms with Gasteiger partial charge in [0.2, 0.25) is 11.8 Å². The fraction of sp³-hybridized carbons (Fsp3) is 0.412. The molecule has 1 saturated heterocycles. The van der Waals surface area contributed by atoms with Gasteiger partial charge in [-0.1, -0.05) is 6.07 Å².